The summed E-state index contributed by atoms with van der Waals surface area (Å²) in [4.78, 5) is 42.3. The molecule has 0 N–H and O–H groups in total. The van der Waals surface area contributed by atoms with Crippen molar-refractivity contribution >= 4 is 23.7 Å². The Morgan fingerprint density at radius 2 is 1.66 bits per heavy atom. The van der Waals surface area contributed by atoms with Crippen LogP contribution in [0.15, 0.2) is 54.6 Å². The first kappa shape index (κ1) is 24.3. The van der Waals surface area contributed by atoms with Crippen molar-refractivity contribution in [3.8, 4) is 17.0 Å². The zero-order valence-corrected chi connectivity index (χ0v) is 20.5. The van der Waals surface area contributed by atoms with Gasteiger partial charge in [0, 0.05) is 44.0 Å². The van der Waals surface area contributed by atoms with E-state index in [1.807, 2.05) is 59.3 Å². The van der Waals surface area contributed by atoms with Crippen LogP contribution in [0.2, 0.25) is 0 Å². The topological polar surface area (TPSA) is 71.8 Å². The first-order chi connectivity index (χ1) is 17.0. The molecule has 1 aliphatic rings. The van der Waals surface area contributed by atoms with Crippen LogP contribution in [0.5, 0.6) is 5.75 Å². The number of likely N-dealkylation sites (N-methyl/N-ethyl adjacent to an activating group) is 1. The summed E-state index contributed by atoms with van der Waals surface area (Å²) >= 11 is 0. The highest BCUT2D eigenvalue weighted by Gasteiger charge is 2.31. The molecular formula is C28H31N3O4. The minimum absolute atomic E-state index is 0.0102. The van der Waals surface area contributed by atoms with E-state index in [-0.39, 0.29) is 24.0 Å². The van der Waals surface area contributed by atoms with Crippen LogP contribution in [-0.4, -0.2) is 61.2 Å². The number of amides is 1. The second-order valence-electron chi connectivity index (χ2n) is 8.84. The Labute approximate surface area is 205 Å². The number of hydrogen-bond donors (Lipinski definition) is 0. The fourth-order valence-electron chi connectivity index (χ4n) is 4.83. The summed E-state index contributed by atoms with van der Waals surface area (Å²) < 4.78 is 7.37. The number of nitrogens with zero attached hydrogens (tertiary/aromatic N) is 3. The number of likely N-dealkylation sites (tertiary alicyclic amines) is 1. The molecule has 0 spiro atoms. The van der Waals surface area contributed by atoms with Gasteiger partial charge in [-0.1, -0.05) is 48.5 Å². The van der Waals surface area contributed by atoms with Crippen LogP contribution in [0.4, 0.5) is 5.69 Å². The van der Waals surface area contributed by atoms with E-state index in [1.165, 1.54) is 7.11 Å². The van der Waals surface area contributed by atoms with Crippen LogP contribution >= 0.6 is 0 Å². The lowest BCUT2D eigenvalue weighted by Gasteiger charge is -2.27. The predicted octanol–water partition coefficient (Wildman–Crippen LogP) is 4.46. The molecule has 1 fully saturated rings. The van der Waals surface area contributed by atoms with E-state index in [4.69, 9.17) is 4.74 Å². The van der Waals surface area contributed by atoms with Crippen molar-refractivity contribution in [3.05, 3.63) is 71.4 Å². The molecule has 0 unspecified atom stereocenters. The van der Waals surface area contributed by atoms with Gasteiger partial charge in [-0.3, -0.25) is 14.4 Å². The Balaban J connectivity index is 1.76. The second kappa shape index (κ2) is 10.6. The van der Waals surface area contributed by atoms with Gasteiger partial charge in [0.15, 0.2) is 23.5 Å². The number of aldehydes is 1. The minimum Gasteiger partial charge on any atom is -0.494 e. The van der Waals surface area contributed by atoms with Crippen molar-refractivity contribution in [1.82, 2.24) is 9.47 Å². The fraction of sp³-hybridized carbons (Fsp3) is 0.321. The maximum absolute atomic E-state index is 13.5. The third kappa shape index (κ3) is 4.71. The molecular weight excluding hydrogens is 442 g/mol. The molecule has 2 aromatic carbocycles. The van der Waals surface area contributed by atoms with Crippen LogP contribution < -0.4 is 9.64 Å². The third-order valence-corrected chi connectivity index (χ3v) is 6.60. The molecule has 0 atom stereocenters. The van der Waals surface area contributed by atoms with Gasteiger partial charge in [0.2, 0.25) is 0 Å². The molecule has 0 radical (unpaired) electrons. The lowest BCUT2D eigenvalue weighted by molar-refractivity contribution is 0.0711. The summed E-state index contributed by atoms with van der Waals surface area (Å²) in [5.41, 5.74) is 3.44. The Hall–Kier alpha value is -3.87. The summed E-state index contributed by atoms with van der Waals surface area (Å²) in [5.74, 6) is 0.137. The third-order valence-electron chi connectivity index (χ3n) is 6.60. The van der Waals surface area contributed by atoms with E-state index < -0.39 is 0 Å². The average molecular weight is 474 g/mol. The molecule has 1 aromatic heterocycles. The highest BCUT2D eigenvalue weighted by Crippen LogP contribution is 2.40. The van der Waals surface area contributed by atoms with E-state index >= 15 is 0 Å². The van der Waals surface area contributed by atoms with Crippen molar-refractivity contribution in [2.75, 3.05) is 38.7 Å². The summed E-state index contributed by atoms with van der Waals surface area (Å²) in [7, 11) is 5.11. The Morgan fingerprint density at radius 3 is 2.31 bits per heavy atom. The molecule has 182 valence electrons. The number of carbonyl (C=O) groups excluding carboxylic acids is 3. The quantitative estimate of drug-likeness (QED) is 0.357. The molecule has 4 rings (SSSR count). The zero-order valence-electron chi connectivity index (χ0n) is 20.5. The Morgan fingerprint density at radius 1 is 1.00 bits per heavy atom. The number of hydrogen-bond acceptors (Lipinski definition) is 5. The highest BCUT2D eigenvalue weighted by molar-refractivity contribution is 6.04. The number of carbonyl (C=O) groups is 3. The monoisotopic (exact) mass is 473 g/mol. The predicted molar refractivity (Wildman–Crippen MR) is 137 cm³/mol. The van der Waals surface area contributed by atoms with Gasteiger partial charge in [-0.05, 0) is 25.3 Å². The number of benzene rings is 2. The van der Waals surface area contributed by atoms with Gasteiger partial charge in [0.1, 0.15) is 0 Å². The lowest BCUT2D eigenvalue weighted by atomic mass is 10.0. The molecule has 7 heteroatoms. The van der Waals surface area contributed by atoms with Crippen molar-refractivity contribution in [2.24, 2.45) is 7.05 Å². The van der Waals surface area contributed by atoms with Gasteiger partial charge in [0.25, 0.3) is 5.91 Å². The van der Waals surface area contributed by atoms with E-state index in [9.17, 15) is 14.4 Å². The number of para-hydroxylation sites is 1. The number of methoxy groups -OCH3 is 1. The van der Waals surface area contributed by atoms with Gasteiger partial charge < -0.3 is 19.1 Å². The number of rotatable bonds is 8. The number of aromatic nitrogens is 1. The molecule has 3 aromatic rings. The van der Waals surface area contributed by atoms with E-state index in [0.717, 1.165) is 36.8 Å². The standard InChI is InChI=1S/C28H31N3O4/c1-29(18-24(33)20-12-6-4-7-13-20)23-15-9-8-14-21(23)25-22(19-32)27(35-3)26(30(25)2)28(34)31-16-10-5-11-17-31/h4,6-9,12-15,19H,5,10-11,16-18H2,1-3H3. The summed E-state index contributed by atoms with van der Waals surface area (Å²) in [6.45, 7) is 1.55. The Bertz CT molecular complexity index is 1230. The average Bonchev–Trinajstić information content (AvgIpc) is 3.20. The van der Waals surface area contributed by atoms with Crippen LogP contribution in [0.25, 0.3) is 11.3 Å². The molecule has 0 bridgehead atoms. The van der Waals surface area contributed by atoms with Crippen LogP contribution in [0.1, 0.15) is 50.5 Å². The smallest absolute Gasteiger partial charge is 0.274 e. The van der Waals surface area contributed by atoms with Crippen molar-refractivity contribution in [1.29, 1.82) is 0 Å². The van der Waals surface area contributed by atoms with Gasteiger partial charge >= 0.3 is 0 Å². The van der Waals surface area contributed by atoms with Gasteiger partial charge in [-0.15, -0.1) is 0 Å². The molecule has 2 heterocycles. The van der Waals surface area contributed by atoms with Crippen molar-refractivity contribution in [2.45, 2.75) is 19.3 Å². The maximum Gasteiger partial charge on any atom is 0.274 e. The number of ether oxygens (including phenoxy) is 1. The van der Waals surface area contributed by atoms with Crippen LogP contribution in [0, 0.1) is 0 Å². The summed E-state index contributed by atoms with van der Waals surface area (Å²) in [5, 5.41) is 0. The molecule has 0 aliphatic carbocycles. The zero-order chi connectivity index (χ0) is 24.9. The van der Waals surface area contributed by atoms with Crippen molar-refractivity contribution < 1.29 is 19.1 Å². The van der Waals surface area contributed by atoms with Crippen molar-refractivity contribution in [3.63, 3.8) is 0 Å². The van der Waals surface area contributed by atoms with Crippen LogP contribution in [0.3, 0.4) is 0 Å². The fourth-order valence-corrected chi connectivity index (χ4v) is 4.83. The first-order valence-electron chi connectivity index (χ1n) is 11.9. The largest absolute Gasteiger partial charge is 0.494 e. The lowest BCUT2D eigenvalue weighted by Crippen LogP contribution is -2.36. The highest BCUT2D eigenvalue weighted by atomic mass is 16.5. The molecule has 7 nitrogen and oxygen atoms in total. The van der Waals surface area contributed by atoms with Gasteiger partial charge in [0.05, 0.1) is 24.9 Å². The number of anilines is 1. The molecule has 1 amide bonds. The molecule has 0 saturated carbocycles. The number of Topliss-reactive ketones (excluding diaryl/α,β-unsaturated/α-hetero) is 1. The SMILES string of the molecule is COc1c(C=O)c(-c2ccccc2N(C)CC(=O)c2ccccc2)n(C)c1C(=O)N1CCCCC1. The van der Waals surface area contributed by atoms with Gasteiger partial charge in [-0.25, -0.2) is 0 Å². The summed E-state index contributed by atoms with van der Waals surface area (Å²) in [6.07, 6.45) is 3.79. The molecule has 1 aliphatic heterocycles. The first-order valence-corrected chi connectivity index (χ1v) is 11.9. The van der Waals surface area contributed by atoms with Gasteiger partial charge in [-0.2, -0.15) is 0 Å². The normalized spacial score (nSPS) is 13.4. The second-order valence-corrected chi connectivity index (χ2v) is 8.84. The van der Waals surface area contributed by atoms with E-state index in [1.54, 1.807) is 23.7 Å². The molecule has 35 heavy (non-hydrogen) atoms. The summed E-state index contributed by atoms with van der Waals surface area (Å²) in [6, 6.07) is 16.7. The Kier molecular flexibility index (Phi) is 7.34. The number of ketones is 1. The van der Waals surface area contributed by atoms with E-state index in [0.29, 0.717) is 35.6 Å². The number of piperidine rings is 1. The minimum atomic E-state index is -0.136. The van der Waals surface area contributed by atoms with E-state index in [2.05, 4.69) is 0 Å². The maximum atomic E-state index is 13.5. The molecule has 1 saturated heterocycles. The van der Waals surface area contributed by atoms with Crippen LogP contribution in [-0.2, 0) is 7.05 Å².